The van der Waals surface area contributed by atoms with E-state index in [1.807, 2.05) is 6.92 Å². The number of carboxylic acids is 1. The molecule has 2 N–H and O–H groups in total. The summed E-state index contributed by atoms with van der Waals surface area (Å²) in [6.45, 7) is 1.88. The Hall–Kier alpha value is -1.32. The first-order chi connectivity index (χ1) is 6.65. The summed E-state index contributed by atoms with van der Waals surface area (Å²) < 4.78 is 0. The molecule has 0 bridgehead atoms. The highest BCUT2D eigenvalue weighted by Gasteiger charge is 2.23. The first-order valence-electron chi connectivity index (χ1n) is 4.91. The Bertz CT molecular complexity index is 353. The van der Waals surface area contributed by atoms with Gasteiger partial charge < -0.3 is 10.1 Å². The molecular weight excluding hydrogens is 180 g/mol. The molecule has 1 aliphatic carbocycles. The lowest BCUT2D eigenvalue weighted by atomic mass is 10.3. The van der Waals surface area contributed by atoms with Gasteiger partial charge in [0, 0.05) is 12.1 Å². The van der Waals surface area contributed by atoms with Crippen molar-refractivity contribution in [1.29, 1.82) is 0 Å². The van der Waals surface area contributed by atoms with Gasteiger partial charge in [0.15, 0.2) is 0 Å². The van der Waals surface area contributed by atoms with Gasteiger partial charge in [-0.3, -0.25) is 4.79 Å². The maximum atomic E-state index is 10.5. The van der Waals surface area contributed by atoms with Crippen molar-refractivity contribution in [3.63, 3.8) is 0 Å². The lowest BCUT2D eigenvalue weighted by molar-refractivity contribution is -0.136. The monoisotopic (exact) mass is 194 g/mol. The van der Waals surface area contributed by atoms with Crippen LogP contribution in [0.5, 0.6) is 0 Å². The summed E-state index contributed by atoms with van der Waals surface area (Å²) in [5.41, 5.74) is 1.57. The first-order valence-corrected chi connectivity index (χ1v) is 4.91. The highest BCUT2D eigenvalue weighted by molar-refractivity contribution is 5.69. The third-order valence-corrected chi connectivity index (χ3v) is 2.53. The van der Waals surface area contributed by atoms with Crippen molar-refractivity contribution >= 4 is 5.97 Å². The molecule has 0 saturated heterocycles. The van der Waals surface area contributed by atoms with E-state index in [2.05, 4.69) is 9.97 Å². The number of carboxylic acid groups (broad SMARTS) is 1. The Morgan fingerprint density at radius 1 is 1.64 bits per heavy atom. The highest BCUT2D eigenvalue weighted by atomic mass is 16.4. The van der Waals surface area contributed by atoms with E-state index >= 15 is 0 Å². The Morgan fingerprint density at radius 3 is 2.93 bits per heavy atom. The molecule has 0 aliphatic heterocycles. The fourth-order valence-electron chi connectivity index (χ4n) is 1.57. The summed E-state index contributed by atoms with van der Waals surface area (Å²) >= 11 is 0. The van der Waals surface area contributed by atoms with E-state index in [1.54, 1.807) is 0 Å². The number of rotatable bonds is 4. The van der Waals surface area contributed by atoms with E-state index < -0.39 is 5.97 Å². The third kappa shape index (κ3) is 2.13. The van der Waals surface area contributed by atoms with Crippen molar-refractivity contribution in [2.75, 3.05) is 0 Å². The number of aliphatic carboxylic acids is 1. The average molecular weight is 194 g/mol. The Labute approximate surface area is 82.4 Å². The predicted molar refractivity (Wildman–Crippen MR) is 51.1 cm³/mol. The van der Waals surface area contributed by atoms with Gasteiger partial charge >= 0.3 is 5.97 Å². The number of hydrogen-bond donors (Lipinski definition) is 2. The van der Waals surface area contributed by atoms with Crippen molar-refractivity contribution in [2.24, 2.45) is 5.92 Å². The normalized spacial score (nSPS) is 15.8. The minimum absolute atomic E-state index is 0.0208. The Morgan fingerprint density at radius 2 is 2.36 bits per heavy atom. The fourth-order valence-corrected chi connectivity index (χ4v) is 1.57. The molecule has 0 aromatic carbocycles. The van der Waals surface area contributed by atoms with Gasteiger partial charge in [-0.15, -0.1) is 0 Å². The number of aryl methyl sites for hydroxylation is 1. The van der Waals surface area contributed by atoms with Crippen LogP contribution in [0.3, 0.4) is 0 Å². The molecule has 1 aromatic heterocycles. The second-order valence-corrected chi connectivity index (χ2v) is 3.97. The summed E-state index contributed by atoms with van der Waals surface area (Å²) in [6.07, 6.45) is 3.56. The minimum atomic E-state index is -0.822. The molecule has 1 heterocycles. The second-order valence-electron chi connectivity index (χ2n) is 3.97. The summed E-state index contributed by atoms with van der Waals surface area (Å²) in [5, 5.41) is 8.64. The zero-order chi connectivity index (χ0) is 10.1. The van der Waals surface area contributed by atoms with Crippen LogP contribution in [0, 0.1) is 12.8 Å². The Kier molecular flexibility index (Phi) is 2.27. The van der Waals surface area contributed by atoms with Crippen LogP contribution in [0.1, 0.15) is 30.1 Å². The largest absolute Gasteiger partial charge is 0.481 e. The number of H-pyrrole nitrogens is 1. The molecule has 1 aromatic rings. The number of aromatic nitrogens is 2. The number of hydrogen-bond acceptors (Lipinski definition) is 2. The van der Waals surface area contributed by atoms with Crippen LogP contribution < -0.4 is 0 Å². The molecule has 2 rings (SSSR count). The number of nitrogens with zero attached hydrogens (tertiary/aromatic N) is 1. The molecule has 1 fully saturated rings. The molecule has 0 spiro atoms. The van der Waals surface area contributed by atoms with Crippen LogP contribution in [-0.4, -0.2) is 21.0 Å². The number of aromatic amines is 1. The lowest BCUT2D eigenvalue weighted by Gasteiger charge is -1.90. The van der Waals surface area contributed by atoms with Crippen LogP contribution in [-0.2, 0) is 17.6 Å². The molecule has 0 radical (unpaired) electrons. The van der Waals surface area contributed by atoms with Crippen LogP contribution in [0.2, 0.25) is 0 Å². The van der Waals surface area contributed by atoms with Gasteiger partial charge in [0.1, 0.15) is 5.82 Å². The van der Waals surface area contributed by atoms with Gasteiger partial charge in [-0.25, -0.2) is 4.98 Å². The average Bonchev–Trinajstić information content (AvgIpc) is 2.79. The maximum absolute atomic E-state index is 10.5. The fraction of sp³-hybridized carbons (Fsp3) is 0.600. The minimum Gasteiger partial charge on any atom is -0.481 e. The van der Waals surface area contributed by atoms with Gasteiger partial charge in [0.2, 0.25) is 0 Å². The smallest absolute Gasteiger partial charge is 0.309 e. The molecule has 1 aliphatic rings. The number of imidazole rings is 1. The van der Waals surface area contributed by atoms with Gasteiger partial charge in [-0.2, -0.15) is 0 Å². The van der Waals surface area contributed by atoms with Crippen molar-refractivity contribution in [3.05, 3.63) is 17.2 Å². The second kappa shape index (κ2) is 3.44. The SMILES string of the molecule is Cc1[nH]c(CC2CC2)nc1CC(=O)O. The molecule has 76 valence electrons. The summed E-state index contributed by atoms with van der Waals surface area (Å²) in [7, 11) is 0. The molecule has 4 nitrogen and oxygen atoms in total. The summed E-state index contributed by atoms with van der Waals surface area (Å²) in [5.74, 6) is 0.900. The van der Waals surface area contributed by atoms with E-state index in [0.29, 0.717) is 5.69 Å². The van der Waals surface area contributed by atoms with Crippen molar-refractivity contribution in [2.45, 2.75) is 32.6 Å². The standard InChI is InChI=1S/C10H14N2O2/c1-6-8(5-10(13)14)12-9(11-6)4-7-2-3-7/h7H,2-5H2,1H3,(H,11,12)(H,13,14). The molecule has 0 atom stereocenters. The van der Waals surface area contributed by atoms with E-state index in [-0.39, 0.29) is 6.42 Å². The zero-order valence-corrected chi connectivity index (χ0v) is 8.21. The van der Waals surface area contributed by atoms with Gasteiger partial charge in [0.05, 0.1) is 12.1 Å². The van der Waals surface area contributed by atoms with E-state index in [9.17, 15) is 4.79 Å². The van der Waals surface area contributed by atoms with Gasteiger partial charge in [0.25, 0.3) is 0 Å². The number of carbonyl (C=O) groups is 1. The van der Waals surface area contributed by atoms with Crippen LogP contribution in [0.4, 0.5) is 0 Å². The topological polar surface area (TPSA) is 66.0 Å². The highest BCUT2D eigenvalue weighted by Crippen LogP contribution is 2.31. The van der Waals surface area contributed by atoms with Crippen molar-refractivity contribution < 1.29 is 9.90 Å². The Balaban J connectivity index is 2.07. The number of nitrogens with one attached hydrogen (secondary N) is 1. The molecular formula is C10H14N2O2. The van der Waals surface area contributed by atoms with E-state index in [0.717, 1.165) is 23.9 Å². The van der Waals surface area contributed by atoms with Crippen molar-refractivity contribution in [3.8, 4) is 0 Å². The zero-order valence-electron chi connectivity index (χ0n) is 8.21. The first kappa shape index (κ1) is 9.24. The molecule has 14 heavy (non-hydrogen) atoms. The van der Waals surface area contributed by atoms with E-state index in [4.69, 9.17) is 5.11 Å². The van der Waals surface area contributed by atoms with Crippen LogP contribution >= 0.6 is 0 Å². The van der Waals surface area contributed by atoms with Gasteiger partial charge in [-0.05, 0) is 25.7 Å². The molecule has 4 heteroatoms. The van der Waals surface area contributed by atoms with Crippen molar-refractivity contribution in [1.82, 2.24) is 9.97 Å². The summed E-state index contributed by atoms with van der Waals surface area (Å²) in [4.78, 5) is 18.0. The molecule has 0 unspecified atom stereocenters. The molecule has 0 amide bonds. The van der Waals surface area contributed by atoms with Gasteiger partial charge in [-0.1, -0.05) is 0 Å². The van der Waals surface area contributed by atoms with Crippen LogP contribution in [0.25, 0.3) is 0 Å². The molecule has 1 saturated carbocycles. The van der Waals surface area contributed by atoms with Crippen LogP contribution in [0.15, 0.2) is 0 Å². The predicted octanol–water partition coefficient (Wildman–Crippen LogP) is 1.30. The summed E-state index contributed by atoms with van der Waals surface area (Å²) in [6, 6.07) is 0. The van der Waals surface area contributed by atoms with E-state index in [1.165, 1.54) is 12.8 Å². The quantitative estimate of drug-likeness (QED) is 0.759. The third-order valence-electron chi connectivity index (χ3n) is 2.53. The lowest BCUT2D eigenvalue weighted by Crippen LogP contribution is -2.01. The maximum Gasteiger partial charge on any atom is 0.309 e.